The number of ether oxygens (including phenoxy) is 3. The average Bonchev–Trinajstić information content (AvgIpc) is 3.58. The van der Waals surface area contributed by atoms with E-state index < -0.39 is 35.4 Å². The molecule has 2 atom stereocenters. The number of rotatable bonds is 20. The summed E-state index contributed by atoms with van der Waals surface area (Å²) in [5.41, 5.74) is -0.929. The van der Waals surface area contributed by atoms with Crippen LogP contribution in [0, 0.1) is 17.8 Å². The minimum absolute atomic E-state index is 0.215. The molecular formula is C38H56F2O5. The predicted octanol–water partition coefficient (Wildman–Crippen LogP) is 10.7. The minimum Gasteiger partial charge on any atom is -0.480 e. The van der Waals surface area contributed by atoms with Crippen LogP contribution in [0.3, 0.4) is 0 Å². The molecule has 1 aromatic carbocycles. The van der Waals surface area contributed by atoms with Crippen molar-refractivity contribution in [1.82, 2.24) is 0 Å². The summed E-state index contributed by atoms with van der Waals surface area (Å²) in [6.45, 7) is 3.51. The molecule has 1 N–H and O–H groups in total. The van der Waals surface area contributed by atoms with Crippen molar-refractivity contribution in [1.29, 1.82) is 0 Å². The van der Waals surface area contributed by atoms with Gasteiger partial charge in [0.25, 0.3) is 0 Å². The maximum Gasteiger partial charge on any atom is 0.317 e. The van der Waals surface area contributed by atoms with Gasteiger partial charge in [0.05, 0.1) is 13.2 Å². The van der Waals surface area contributed by atoms with Crippen LogP contribution in [0.1, 0.15) is 140 Å². The Morgan fingerprint density at radius 2 is 1.47 bits per heavy atom. The molecule has 0 amide bonds. The van der Waals surface area contributed by atoms with E-state index in [4.69, 9.17) is 14.2 Å². The third kappa shape index (κ3) is 10.2. The van der Waals surface area contributed by atoms with Crippen LogP contribution in [0.5, 0.6) is 0 Å². The van der Waals surface area contributed by atoms with Gasteiger partial charge < -0.3 is 19.3 Å². The van der Waals surface area contributed by atoms with Gasteiger partial charge in [-0.1, -0.05) is 140 Å². The molecule has 2 unspecified atom stereocenters. The first-order valence-electron chi connectivity index (χ1n) is 17.9. The van der Waals surface area contributed by atoms with Gasteiger partial charge >= 0.3 is 5.97 Å². The van der Waals surface area contributed by atoms with Crippen molar-refractivity contribution in [3.63, 3.8) is 0 Å². The van der Waals surface area contributed by atoms with Gasteiger partial charge in [-0.3, -0.25) is 4.79 Å². The van der Waals surface area contributed by atoms with E-state index in [1.165, 1.54) is 95.6 Å². The summed E-state index contributed by atoms with van der Waals surface area (Å²) in [6, 6.07) is 7.07. The molecule has 0 spiro atoms. The van der Waals surface area contributed by atoms with Crippen LogP contribution in [-0.4, -0.2) is 30.9 Å². The highest BCUT2D eigenvalue weighted by Gasteiger charge is 2.46. The van der Waals surface area contributed by atoms with E-state index in [1.54, 1.807) is 18.2 Å². The first-order valence-corrected chi connectivity index (χ1v) is 17.9. The van der Waals surface area contributed by atoms with Crippen molar-refractivity contribution in [2.75, 3.05) is 19.8 Å². The quantitative estimate of drug-likeness (QED) is 0.115. The number of aliphatic carboxylic acids is 1. The number of hydrogen-bond acceptors (Lipinski definition) is 4. The third-order valence-corrected chi connectivity index (χ3v) is 9.96. The fraction of sp³-hybridized carbons (Fsp3) is 0.711. The normalized spacial score (nSPS) is 25.7. The molecule has 3 aliphatic rings. The minimum atomic E-state index is -1.88. The zero-order chi connectivity index (χ0) is 31.9. The summed E-state index contributed by atoms with van der Waals surface area (Å²) in [4.78, 5) is 11.7. The Balaban J connectivity index is 1.36. The highest BCUT2D eigenvalue weighted by atomic mass is 19.2. The fourth-order valence-corrected chi connectivity index (χ4v) is 7.21. The summed E-state index contributed by atoms with van der Waals surface area (Å²) >= 11 is 0. The molecule has 1 saturated carbocycles. The smallest absolute Gasteiger partial charge is 0.317 e. The van der Waals surface area contributed by atoms with Gasteiger partial charge in [0.2, 0.25) is 0 Å². The molecule has 1 heterocycles. The summed E-state index contributed by atoms with van der Waals surface area (Å²) in [6.07, 6.45) is 23.6. The van der Waals surface area contributed by atoms with Crippen molar-refractivity contribution < 1.29 is 32.9 Å². The molecule has 45 heavy (non-hydrogen) atoms. The van der Waals surface area contributed by atoms with E-state index in [2.05, 4.69) is 6.92 Å². The number of benzene rings is 1. The second-order valence-corrected chi connectivity index (χ2v) is 13.5. The molecule has 1 aromatic rings. The summed E-state index contributed by atoms with van der Waals surface area (Å²) < 4.78 is 50.0. The first kappa shape index (κ1) is 35.8. The van der Waals surface area contributed by atoms with Gasteiger partial charge in [-0.05, 0) is 24.8 Å². The largest absolute Gasteiger partial charge is 0.480 e. The number of halogens is 2. The molecular weight excluding hydrogens is 574 g/mol. The lowest BCUT2D eigenvalue weighted by atomic mass is 9.81. The zero-order valence-electron chi connectivity index (χ0n) is 27.5. The van der Waals surface area contributed by atoms with E-state index in [-0.39, 0.29) is 6.61 Å². The molecule has 2 aliphatic carbocycles. The average molecular weight is 631 g/mol. The Hall–Kier alpha value is -2.09. The second-order valence-electron chi connectivity index (χ2n) is 13.5. The Kier molecular flexibility index (Phi) is 15.0. The lowest BCUT2D eigenvalue weighted by molar-refractivity contribution is -0.207. The maximum atomic E-state index is 16.1. The van der Waals surface area contributed by atoms with E-state index >= 15 is 8.78 Å². The number of carboxylic acid groups (broad SMARTS) is 1. The standard InChI is InChI=1S/C38H56F2O5/c1-2-3-4-5-6-8-12-21-30-27-43-37(44-28-30)31-22-15-16-23-33(31)38(25-24-32(36(41)42)34(39)35(38)40)45-26-17-10-7-9-11-18-29-19-13-14-20-29/h15-16,22-25,29-30,32,37H,2-14,17-21,26-28H2,1H3,(H,41,42). The predicted molar refractivity (Wildman–Crippen MR) is 174 cm³/mol. The fourth-order valence-electron chi connectivity index (χ4n) is 7.21. The van der Waals surface area contributed by atoms with Gasteiger partial charge in [-0.15, -0.1) is 0 Å². The Labute approximate surface area is 269 Å². The van der Waals surface area contributed by atoms with Gasteiger partial charge in [0.1, 0.15) is 5.92 Å². The summed E-state index contributed by atoms with van der Waals surface area (Å²) in [5, 5.41) is 9.49. The zero-order valence-corrected chi connectivity index (χ0v) is 27.5. The van der Waals surface area contributed by atoms with Crippen LogP contribution in [0.2, 0.25) is 0 Å². The Bertz CT molecular complexity index is 1090. The molecule has 2 fully saturated rings. The first-order chi connectivity index (χ1) is 22.0. The second kappa shape index (κ2) is 18.9. The third-order valence-electron chi connectivity index (χ3n) is 9.96. The van der Waals surface area contributed by atoms with E-state index in [0.29, 0.717) is 36.7 Å². The lowest BCUT2D eigenvalue weighted by Crippen LogP contribution is -2.36. The molecule has 1 aliphatic heterocycles. The van der Waals surface area contributed by atoms with Crippen LogP contribution in [0.25, 0.3) is 0 Å². The maximum absolute atomic E-state index is 16.1. The monoisotopic (exact) mass is 630 g/mol. The molecule has 4 rings (SSSR count). The number of carbonyl (C=O) groups is 1. The van der Waals surface area contributed by atoms with Gasteiger partial charge in [-0.25, -0.2) is 8.78 Å². The van der Waals surface area contributed by atoms with Crippen LogP contribution in [-0.2, 0) is 24.6 Å². The molecule has 1 saturated heterocycles. The highest BCUT2D eigenvalue weighted by molar-refractivity contribution is 5.76. The molecule has 7 heteroatoms. The van der Waals surface area contributed by atoms with E-state index in [0.717, 1.165) is 31.6 Å². The molecule has 0 aromatic heterocycles. The summed E-state index contributed by atoms with van der Waals surface area (Å²) in [7, 11) is 0. The number of carboxylic acids is 1. The van der Waals surface area contributed by atoms with Gasteiger partial charge in [0, 0.05) is 23.7 Å². The number of hydrogen-bond donors (Lipinski definition) is 1. The molecule has 0 radical (unpaired) electrons. The SMILES string of the molecule is CCCCCCCCCC1COC(c2ccccc2C2(OCCCCCCCC3CCCC3)C=CC(C(=O)O)C(F)=C2F)OC1. The van der Waals surface area contributed by atoms with Crippen LogP contribution >= 0.6 is 0 Å². The van der Waals surface area contributed by atoms with Gasteiger partial charge in [0.15, 0.2) is 23.5 Å². The summed E-state index contributed by atoms with van der Waals surface area (Å²) in [5.74, 6) is -4.46. The molecule has 252 valence electrons. The van der Waals surface area contributed by atoms with Crippen molar-refractivity contribution in [2.24, 2.45) is 17.8 Å². The molecule has 0 bridgehead atoms. The van der Waals surface area contributed by atoms with Crippen molar-refractivity contribution in [2.45, 2.75) is 134 Å². The van der Waals surface area contributed by atoms with Crippen LogP contribution < -0.4 is 0 Å². The Morgan fingerprint density at radius 1 is 0.867 bits per heavy atom. The van der Waals surface area contributed by atoms with E-state index in [9.17, 15) is 9.90 Å². The molecule has 5 nitrogen and oxygen atoms in total. The van der Waals surface area contributed by atoms with Crippen molar-refractivity contribution >= 4 is 5.97 Å². The van der Waals surface area contributed by atoms with Crippen LogP contribution in [0.4, 0.5) is 8.78 Å². The number of unbranched alkanes of at least 4 members (excludes halogenated alkanes) is 10. The van der Waals surface area contributed by atoms with Crippen LogP contribution in [0.15, 0.2) is 48.1 Å². The highest BCUT2D eigenvalue weighted by Crippen LogP contribution is 2.47. The topological polar surface area (TPSA) is 65.0 Å². The Morgan fingerprint density at radius 3 is 2.13 bits per heavy atom. The lowest BCUT2D eigenvalue weighted by Gasteiger charge is -2.37. The van der Waals surface area contributed by atoms with E-state index in [1.807, 2.05) is 6.07 Å². The van der Waals surface area contributed by atoms with Crippen molar-refractivity contribution in [3.8, 4) is 0 Å². The van der Waals surface area contributed by atoms with Gasteiger partial charge in [-0.2, -0.15) is 0 Å². The van der Waals surface area contributed by atoms with Crippen molar-refractivity contribution in [3.05, 3.63) is 59.2 Å².